The van der Waals surface area contributed by atoms with Gasteiger partial charge in [0.15, 0.2) is 5.75 Å². The van der Waals surface area contributed by atoms with Crippen LogP contribution in [0, 0.1) is 0 Å². The minimum absolute atomic E-state index is 0.135. The van der Waals surface area contributed by atoms with Crippen LogP contribution in [0.25, 0.3) is 0 Å². The molecule has 158 valence electrons. The van der Waals surface area contributed by atoms with Gasteiger partial charge in [-0.25, -0.2) is 0 Å². The molecule has 1 heterocycles. The number of nitrogens with one attached hydrogen (secondary N) is 2. The zero-order chi connectivity index (χ0) is 21.6. The number of pyridine rings is 1. The first kappa shape index (κ1) is 22.7. The first-order chi connectivity index (χ1) is 13.6. The Kier molecular flexibility index (Phi) is 7.60. The number of alkyl halides is 3. The van der Waals surface area contributed by atoms with Crippen LogP contribution < -0.4 is 15.5 Å². The normalized spacial score (nSPS) is 13.6. The Hall–Kier alpha value is -2.62. The van der Waals surface area contributed by atoms with Crippen LogP contribution in [-0.2, 0) is 27.5 Å². The summed E-state index contributed by atoms with van der Waals surface area (Å²) in [5, 5.41) is 1.08. The highest BCUT2D eigenvalue weighted by molar-refractivity contribution is 7.85. The maximum atomic E-state index is 13.0. The van der Waals surface area contributed by atoms with Crippen molar-refractivity contribution >= 4 is 22.4 Å². The largest absolute Gasteiger partial charge is 0.488 e. The van der Waals surface area contributed by atoms with Gasteiger partial charge in [-0.2, -0.15) is 13.2 Å². The summed E-state index contributed by atoms with van der Waals surface area (Å²) < 4.78 is 56.8. The van der Waals surface area contributed by atoms with Crippen LogP contribution in [-0.4, -0.2) is 27.0 Å². The second kappa shape index (κ2) is 9.73. The van der Waals surface area contributed by atoms with Crippen molar-refractivity contribution in [1.29, 1.82) is 0 Å². The van der Waals surface area contributed by atoms with Crippen molar-refractivity contribution in [1.82, 2.24) is 4.98 Å². The van der Waals surface area contributed by atoms with E-state index in [4.69, 9.17) is 4.74 Å². The van der Waals surface area contributed by atoms with Crippen LogP contribution in [0.4, 0.5) is 18.9 Å². The number of aromatic amines is 1. The number of H-pyrrole nitrogens is 1. The average molecular weight is 430 g/mol. The molecule has 1 amide bonds. The van der Waals surface area contributed by atoms with Gasteiger partial charge in [0.05, 0.1) is 23.6 Å². The molecule has 0 radical (unpaired) electrons. The molecule has 2 N–H and O–H groups in total. The van der Waals surface area contributed by atoms with E-state index in [1.165, 1.54) is 31.3 Å². The van der Waals surface area contributed by atoms with Gasteiger partial charge in [-0.1, -0.05) is 19.1 Å². The number of para-hydroxylation sites is 1. The van der Waals surface area contributed by atoms with Gasteiger partial charge >= 0.3 is 6.18 Å². The number of aromatic nitrogens is 1. The van der Waals surface area contributed by atoms with E-state index in [-0.39, 0.29) is 16.9 Å². The van der Waals surface area contributed by atoms with E-state index in [1.807, 2.05) is 6.92 Å². The maximum Gasteiger partial charge on any atom is 0.418 e. The van der Waals surface area contributed by atoms with Crippen LogP contribution >= 0.6 is 0 Å². The number of hydrogen-bond donors (Lipinski definition) is 2. The maximum absolute atomic E-state index is 13.0. The van der Waals surface area contributed by atoms with Gasteiger partial charge in [-0.05, 0) is 25.5 Å². The SMILES string of the molecule is CCCOc1c[nH]c(CS(=O)C(C)C(=O)Nc2ccccc2C(F)(F)F)cc1=O. The molecular formula is C19H21F3N2O4S. The van der Waals surface area contributed by atoms with Crippen molar-refractivity contribution < 1.29 is 26.9 Å². The van der Waals surface area contributed by atoms with Gasteiger partial charge in [0, 0.05) is 28.8 Å². The first-order valence-corrected chi connectivity index (χ1v) is 10.2. The second-order valence-corrected chi connectivity index (χ2v) is 7.99. The summed E-state index contributed by atoms with van der Waals surface area (Å²) in [5.74, 6) is -0.820. The average Bonchev–Trinajstić information content (AvgIpc) is 2.66. The van der Waals surface area contributed by atoms with Gasteiger partial charge in [-0.15, -0.1) is 0 Å². The Morgan fingerprint density at radius 2 is 2.00 bits per heavy atom. The zero-order valence-electron chi connectivity index (χ0n) is 15.8. The topological polar surface area (TPSA) is 88.3 Å². The highest BCUT2D eigenvalue weighted by Crippen LogP contribution is 2.34. The molecule has 6 nitrogen and oxygen atoms in total. The van der Waals surface area contributed by atoms with E-state index >= 15 is 0 Å². The van der Waals surface area contributed by atoms with E-state index in [9.17, 15) is 27.0 Å². The Morgan fingerprint density at radius 3 is 2.62 bits per heavy atom. The van der Waals surface area contributed by atoms with Crippen molar-refractivity contribution in [2.45, 2.75) is 37.4 Å². The third-order valence-corrected chi connectivity index (χ3v) is 5.55. The molecule has 0 spiro atoms. The van der Waals surface area contributed by atoms with E-state index in [0.29, 0.717) is 12.3 Å². The fraction of sp³-hybridized carbons (Fsp3) is 0.368. The minimum Gasteiger partial charge on any atom is -0.488 e. The van der Waals surface area contributed by atoms with Crippen LogP contribution in [0.3, 0.4) is 0 Å². The monoisotopic (exact) mass is 430 g/mol. The Morgan fingerprint density at radius 1 is 1.31 bits per heavy atom. The molecule has 2 rings (SSSR count). The number of carbonyl (C=O) groups is 1. The molecule has 29 heavy (non-hydrogen) atoms. The minimum atomic E-state index is -4.63. The molecule has 0 saturated heterocycles. The molecule has 2 atom stereocenters. The summed E-state index contributed by atoms with van der Waals surface area (Å²) in [6.45, 7) is 3.62. The van der Waals surface area contributed by atoms with Crippen molar-refractivity contribution in [3.63, 3.8) is 0 Å². The lowest BCUT2D eigenvalue weighted by Crippen LogP contribution is -2.31. The Bertz CT molecular complexity index is 944. The van der Waals surface area contributed by atoms with E-state index < -0.39 is 39.4 Å². The second-order valence-electron chi connectivity index (χ2n) is 6.24. The fourth-order valence-electron chi connectivity index (χ4n) is 2.38. The molecule has 0 aliphatic rings. The summed E-state index contributed by atoms with van der Waals surface area (Å²) in [7, 11) is -1.77. The number of ether oxygens (including phenoxy) is 1. The van der Waals surface area contributed by atoms with E-state index in [0.717, 1.165) is 18.6 Å². The number of halogens is 3. The summed E-state index contributed by atoms with van der Waals surface area (Å²) in [5.41, 5.74) is -1.45. The molecule has 0 saturated carbocycles. The van der Waals surface area contributed by atoms with Crippen LogP contribution in [0.1, 0.15) is 31.5 Å². The number of amides is 1. The van der Waals surface area contributed by atoms with Crippen molar-refractivity contribution in [2.75, 3.05) is 11.9 Å². The van der Waals surface area contributed by atoms with Crippen LogP contribution in [0.15, 0.2) is 41.3 Å². The lowest BCUT2D eigenvalue weighted by molar-refractivity contribution is -0.137. The third kappa shape index (κ3) is 6.18. The lowest BCUT2D eigenvalue weighted by atomic mass is 10.1. The number of hydrogen-bond acceptors (Lipinski definition) is 4. The predicted octanol–water partition coefficient (Wildman–Crippen LogP) is 3.46. The van der Waals surface area contributed by atoms with Gasteiger partial charge in [-0.3, -0.25) is 13.8 Å². The summed E-state index contributed by atoms with van der Waals surface area (Å²) >= 11 is 0. The summed E-state index contributed by atoms with van der Waals surface area (Å²) in [6.07, 6.45) is -2.54. The number of anilines is 1. The predicted molar refractivity (Wildman–Crippen MR) is 104 cm³/mol. The summed E-state index contributed by atoms with van der Waals surface area (Å²) in [4.78, 5) is 27.1. The molecule has 0 aliphatic heterocycles. The van der Waals surface area contributed by atoms with Gasteiger partial charge in [0.2, 0.25) is 11.3 Å². The third-order valence-electron chi connectivity index (χ3n) is 3.95. The molecule has 2 aromatic rings. The number of rotatable bonds is 8. The fourth-order valence-corrected chi connectivity index (χ4v) is 3.40. The van der Waals surface area contributed by atoms with Crippen LogP contribution in [0.2, 0.25) is 0 Å². The summed E-state index contributed by atoms with van der Waals surface area (Å²) in [6, 6.07) is 5.78. The standard InChI is InChI=1S/C19H21F3N2O4S/c1-3-8-28-17-10-23-13(9-16(17)25)11-29(27)12(2)18(26)24-15-7-5-4-6-14(15)19(20,21)22/h4-7,9-10,12H,3,8,11H2,1-2H3,(H,23,25)(H,24,26). The highest BCUT2D eigenvalue weighted by Gasteiger charge is 2.34. The molecule has 1 aromatic heterocycles. The van der Waals surface area contributed by atoms with Crippen molar-refractivity contribution in [3.05, 3.63) is 58.0 Å². The van der Waals surface area contributed by atoms with Crippen molar-refractivity contribution in [2.24, 2.45) is 0 Å². The first-order valence-electron chi connectivity index (χ1n) is 8.82. The van der Waals surface area contributed by atoms with Gasteiger partial charge in [0.25, 0.3) is 0 Å². The molecule has 0 bridgehead atoms. The molecule has 1 aromatic carbocycles. The number of benzene rings is 1. The molecule has 2 unspecified atom stereocenters. The highest BCUT2D eigenvalue weighted by atomic mass is 32.2. The van der Waals surface area contributed by atoms with Gasteiger partial charge in [0.1, 0.15) is 5.25 Å². The van der Waals surface area contributed by atoms with E-state index in [1.54, 1.807) is 0 Å². The number of carbonyl (C=O) groups excluding carboxylic acids is 1. The van der Waals surface area contributed by atoms with Gasteiger partial charge < -0.3 is 15.0 Å². The molecule has 10 heteroatoms. The molecule has 0 aliphatic carbocycles. The quantitative estimate of drug-likeness (QED) is 0.671. The van der Waals surface area contributed by atoms with Crippen molar-refractivity contribution in [3.8, 4) is 5.75 Å². The van der Waals surface area contributed by atoms with E-state index in [2.05, 4.69) is 10.3 Å². The Labute approximate surface area is 167 Å². The zero-order valence-corrected chi connectivity index (χ0v) is 16.7. The molecular weight excluding hydrogens is 409 g/mol. The Balaban J connectivity index is 2.06. The molecule has 0 fully saturated rings. The lowest BCUT2D eigenvalue weighted by Gasteiger charge is -2.16. The smallest absolute Gasteiger partial charge is 0.418 e. The van der Waals surface area contributed by atoms with Crippen LogP contribution in [0.5, 0.6) is 5.75 Å².